The zero-order chi connectivity index (χ0) is 26.6. The predicted molar refractivity (Wildman–Crippen MR) is 141 cm³/mol. The standard InChI is InChI=1S/C28H26N4O5/c1-3-36-26-16-20(9-14-25(26)37-18-27(34)31-22-7-5-4-6-8-22)15-21(17-29)28(35)32-24-12-10-23(11-13-24)30-19(2)33/h4-16H,3,18H2,1-2H3,(H,30,33)(H,31,34)(H,32,35)/b21-15+. The lowest BCUT2D eigenvalue weighted by atomic mass is 10.1. The molecular weight excluding hydrogens is 472 g/mol. The Kier molecular flexibility index (Phi) is 9.39. The van der Waals surface area contributed by atoms with Gasteiger partial charge in [0.15, 0.2) is 18.1 Å². The van der Waals surface area contributed by atoms with E-state index in [1.807, 2.05) is 24.3 Å². The van der Waals surface area contributed by atoms with Crippen LogP contribution >= 0.6 is 0 Å². The molecule has 9 nitrogen and oxygen atoms in total. The average molecular weight is 499 g/mol. The van der Waals surface area contributed by atoms with E-state index in [1.54, 1.807) is 61.5 Å². The molecule has 0 bridgehead atoms. The normalized spacial score (nSPS) is 10.6. The molecule has 0 aliphatic rings. The molecular formula is C28H26N4O5. The molecule has 3 amide bonds. The lowest BCUT2D eigenvalue weighted by Crippen LogP contribution is -2.20. The second-order valence-corrected chi connectivity index (χ2v) is 7.72. The van der Waals surface area contributed by atoms with Crippen molar-refractivity contribution >= 4 is 40.9 Å². The third-order valence-electron chi connectivity index (χ3n) is 4.82. The molecule has 188 valence electrons. The molecule has 0 atom stereocenters. The van der Waals surface area contributed by atoms with Gasteiger partial charge in [-0.1, -0.05) is 24.3 Å². The Balaban J connectivity index is 1.68. The van der Waals surface area contributed by atoms with Gasteiger partial charge >= 0.3 is 0 Å². The van der Waals surface area contributed by atoms with Gasteiger partial charge in [-0.15, -0.1) is 0 Å². The van der Waals surface area contributed by atoms with Crippen LogP contribution in [0.3, 0.4) is 0 Å². The molecule has 0 heterocycles. The van der Waals surface area contributed by atoms with Crippen molar-refractivity contribution in [1.82, 2.24) is 0 Å². The molecule has 0 fully saturated rings. The number of carbonyl (C=O) groups excluding carboxylic acids is 3. The largest absolute Gasteiger partial charge is 0.490 e. The molecule has 37 heavy (non-hydrogen) atoms. The van der Waals surface area contributed by atoms with Gasteiger partial charge in [0.1, 0.15) is 11.6 Å². The third kappa shape index (κ3) is 8.26. The summed E-state index contributed by atoms with van der Waals surface area (Å²) in [5, 5.41) is 17.6. The number of nitrogens with one attached hydrogen (secondary N) is 3. The van der Waals surface area contributed by atoms with Gasteiger partial charge in [-0.05, 0) is 67.1 Å². The molecule has 3 aromatic rings. The van der Waals surface area contributed by atoms with Gasteiger partial charge < -0.3 is 25.4 Å². The molecule has 0 aliphatic carbocycles. The lowest BCUT2D eigenvalue weighted by molar-refractivity contribution is -0.118. The van der Waals surface area contributed by atoms with Crippen LogP contribution in [0.4, 0.5) is 17.1 Å². The highest BCUT2D eigenvalue weighted by atomic mass is 16.5. The van der Waals surface area contributed by atoms with Crippen LogP contribution in [0, 0.1) is 11.3 Å². The molecule has 0 aliphatic heterocycles. The van der Waals surface area contributed by atoms with Crippen molar-refractivity contribution in [3.8, 4) is 17.6 Å². The minimum Gasteiger partial charge on any atom is -0.490 e. The van der Waals surface area contributed by atoms with Crippen LogP contribution in [0.1, 0.15) is 19.4 Å². The number of para-hydroxylation sites is 1. The molecule has 9 heteroatoms. The lowest BCUT2D eigenvalue weighted by Gasteiger charge is -2.13. The van der Waals surface area contributed by atoms with E-state index in [0.717, 1.165) is 0 Å². The van der Waals surface area contributed by atoms with Crippen molar-refractivity contribution < 1.29 is 23.9 Å². The number of amides is 3. The van der Waals surface area contributed by atoms with Crippen LogP contribution in [-0.2, 0) is 14.4 Å². The van der Waals surface area contributed by atoms with E-state index in [0.29, 0.717) is 40.7 Å². The number of anilines is 3. The van der Waals surface area contributed by atoms with Gasteiger partial charge in [-0.3, -0.25) is 14.4 Å². The second-order valence-electron chi connectivity index (χ2n) is 7.72. The van der Waals surface area contributed by atoms with E-state index in [4.69, 9.17) is 9.47 Å². The zero-order valence-corrected chi connectivity index (χ0v) is 20.4. The summed E-state index contributed by atoms with van der Waals surface area (Å²) >= 11 is 0. The SMILES string of the molecule is CCOc1cc(/C=C(\C#N)C(=O)Nc2ccc(NC(C)=O)cc2)ccc1OCC(=O)Nc1ccccc1. The minimum atomic E-state index is -0.592. The highest BCUT2D eigenvalue weighted by Gasteiger charge is 2.13. The summed E-state index contributed by atoms with van der Waals surface area (Å²) in [7, 11) is 0. The van der Waals surface area contributed by atoms with E-state index in [1.165, 1.54) is 13.0 Å². The van der Waals surface area contributed by atoms with Crippen LogP contribution in [-0.4, -0.2) is 30.9 Å². The number of benzene rings is 3. The number of rotatable bonds is 10. The quantitative estimate of drug-likeness (QED) is 0.277. The number of nitriles is 1. The topological polar surface area (TPSA) is 130 Å². The monoisotopic (exact) mass is 498 g/mol. The van der Waals surface area contributed by atoms with Gasteiger partial charge in [-0.2, -0.15) is 5.26 Å². The van der Waals surface area contributed by atoms with Gasteiger partial charge in [0.25, 0.3) is 11.8 Å². The molecule has 0 unspecified atom stereocenters. The number of hydrogen-bond acceptors (Lipinski definition) is 6. The van der Waals surface area contributed by atoms with Crippen LogP contribution in [0.5, 0.6) is 11.5 Å². The first kappa shape index (κ1) is 26.5. The number of nitrogens with zero attached hydrogens (tertiary/aromatic N) is 1. The summed E-state index contributed by atoms with van der Waals surface area (Å²) in [5.41, 5.74) is 2.13. The van der Waals surface area contributed by atoms with Crippen LogP contribution in [0.25, 0.3) is 6.08 Å². The first-order chi connectivity index (χ1) is 17.9. The zero-order valence-electron chi connectivity index (χ0n) is 20.4. The number of ether oxygens (including phenoxy) is 2. The minimum absolute atomic E-state index is 0.121. The Morgan fingerprint density at radius 1 is 0.838 bits per heavy atom. The molecule has 0 saturated carbocycles. The van der Waals surface area contributed by atoms with E-state index >= 15 is 0 Å². The average Bonchev–Trinajstić information content (AvgIpc) is 2.88. The van der Waals surface area contributed by atoms with Crippen LogP contribution in [0.15, 0.2) is 78.4 Å². The smallest absolute Gasteiger partial charge is 0.266 e. The summed E-state index contributed by atoms with van der Waals surface area (Å²) in [4.78, 5) is 36.0. The summed E-state index contributed by atoms with van der Waals surface area (Å²) in [6.07, 6.45) is 1.43. The van der Waals surface area contributed by atoms with Crippen molar-refractivity contribution in [3.63, 3.8) is 0 Å². The fourth-order valence-corrected chi connectivity index (χ4v) is 3.22. The fraction of sp³-hybridized carbons (Fsp3) is 0.143. The molecule has 0 saturated heterocycles. The van der Waals surface area contributed by atoms with E-state index in [-0.39, 0.29) is 24.0 Å². The second kappa shape index (κ2) is 13.1. The van der Waals surface area contributed by atoms with Gasteiger partial charge in [0, 0.05) is 24.0 Å². The first-order valence-corrected chi connectivity index (χ1v) is 11.4. The molecule has 0 spiro atoms. The van der Waals surface area contributed by atoms with Crippen LogP contribution < -0.4 is 25.4 Å². The van der Waals surface area contributed by atoms with Gasteiger partial charge in [0.05, 0.1) is 6.61 Å². The Bertz CT molecular complexity index is 1330. The van der Waals surface area contributed by atoms with Gasteiger partial charge in [0.2, 0.25) is 5.91 Å². The summed E-state index contributed by atoms with van der Waals surface area (Å²) < 4.78 is 11.3. The maximum absolute atomic E-state index is 12.6. The highest BCUT2D eigenvalue weighted by Crippen LogP contribution is 2.29. The summed E-state index contributed by atoms with van der Waals surface area (Å²) in [5.74, 6) is -0.402. The van der Waals surface area contributed by atoms with E-state index < -0.39 is 5.91 Å². The molecule has 3 N–H and O–H groups in total. The number of carbonyl (C=O) groups is 3. The maximum atomic E-state index is 12.6. The molecule has 3 aromatic carbocycles. The number of hydrogen-bond donors (Lipinski definition) is 3. The van der Waals surface area contributed by atoms with Crippen molar-refractivity contribution in [2.45, 2.75) is 13.8 Å². The third-order valence-corrected chi connectivity index (χ3v) is 4.82. The predicted octanol–water partition coefficient (Wildman–Crippen LogP) is 4.61. The molecule has 0 radical (unpaired) electrons. The van der Waals surface area contributed by atoms with Crippen molar-refractivity contribution in [3.05, 3.63) is 83.9 Å². The van der Waals surface area contributed by atoms with E-state index in [2.05, 4.69) is 16.0 Å². The molecule has 3 rings (SSSR count). The Hall–Kier alpha value is -5.10. The highest BCUT2D eigenvalue weighted by molar-refractivity contribution is 6.09. The van der Waals surface area contributed by atoms with Crippen molar-refractivity contribution in [2.24, 2.45) is 0 Å². The van der Waals surface area contributed by atoms with E-state index in [9.17, 15) is 19.6 Å². The maximum Gasteiger partial charge on any atom is 0.266 e. The Morgan fingerprint density at radius 2 is 1.49 bits per heavy atom. The van der Waals surface area contributed by atoms with Crippen molar-refractivity contribution in [1.29, 1.82) is 5.26 Å². The van der Waals surface area contributed by atoms with Crippen LogP contribution in [0.2, 0.25) is 0 Å². The van der Waals surface area contributed by atoms with Crippen molar-refractivity contribution in [2.75, 3.05) is 29.2 Å². The summed E-state index contributed by atoms with van der Waals surface area (Å²) in [6, 6.07) is 22.3. The molecule has 0 aromatic heterocycles. The Labute approximate surface area is 214 Å². The summed E-state index contributed by atoms with van der Waals surface area (Å²) in [6.45, 7) is 3.33. The first-order valence-electron chi connectivity index (χ1n) is 11.4. The van der Waals surface area contributed by atoms with Gasteiger partial charge in [-0.25, -0.2) is 0 Å². The fourth-order valence-electron chi connectivity index (χ4n) is 3.22. The Morgan fingerprint density at radius 3 is 2.11 bits per heavy atom.